The van der Waals surface area contributed by atoms with Gasteiger partial charge in [-0.25, -0.2) is 13.2 Å². The maximum atomic E-state index is 12.1. The van der Waals surface area contributed by atoms with E-state index in [0.717, 1.165) is 24.8 Å². The van der Waals surface area contributed by atoms with Crippen LogP contribution in [0.2, 0.25) is 0 Å². The second-order valence-corrected chi connectivity index (χ2v) is 9.12. The van der Waals surface area contributed by atoms with Crippen LogP contribution in [0, 0.1) is 0 Å². The normalized spacial score (nSPS) is 24.6. The van der Waals surface area contributed by atoms with E-state index in [2.05, 4.69) is 4.98 Å². The van der Waals surface area contributed by atoms with Crippen LogP contribution in [-0.4, -0.2) is 72.1 Å². The van der Waals surface area contributed by atoms with E-state index >= 15 is 0 Å². The first-order valence-corrected chi connectivity index (χ1v) is 11.1. The number of nitrogens with zero attached hydrogens (tertiary/aromatic N) is 2. The number of aromatic nitrogens is 1. The van der Waals surface area contributed by atoms with E-state index in [9.17, 15) is 21.6 Å². The fraction of sp³-hybridized carbons (Fsp3) is 0.667. The Hall–Kier alpha value is -1.76. The van der Waals surface area contributed by atoms with Crippen molar-refractivity contribution in [2.24, 2.45) is 0 Å². The third-order valence-electron chi connectivity index (χ3n) is 4.87. The van der Waals surface area contributed by atoms with Gasteiger partial charge in [-0.2, -0.15) is 17.5 Å². The number of sulfonamides is 1. The molecule has 0 aromatic carbocycles. The number of rotatable bonds is 6. The van der Waals surface area contributed by atoms with E-state index < -0.39 is 22.2 Å². The molecule has 1 aromatic rings. The highest BCUT2D eigenvalue weighted by molar-refractivity contribution is 7.89. The number of carbonyl (C=O) groups is 1. The maximum Gasteiger partial charge on any atom is 0.490 e. The van der Waals surface area contributed by atoms with Crippen LogP contribution in [0.3, 0.4) is 0 Å². The van der Waals surface area contributed by atoms with Crippen molar-refractivity contribution in [1.29, 1.82) is 0 Å². The van der Waals surface area contributed by atoms with Crippen LogP contribution in [0.25, 0.3) is 0 Å². The van der Waals surface area contributed by atoms with E-state index in [-0.39, 0.29) is 24.0 Å². The van der Waals surface area contributed by atoms with Gasteiger partial charge in [0.2, 0.25) is 10.0 Å². The van der Waals surface area contributed by atoms with Crippen molar-refractivity contribution in [3.63, 3.8) is 0 Å². The Morgan fingerprint density at radius 1 is 1.30 bits per heavy atom. The molecule has 0 radical (unpaired) electrons. The molecule has 3 heterocycles. The Morgan fingerprint density at radius 2 is 1.93 bits per heavy atom. The molecule has 2 aliphatic rings. The minimum atomic E-state index is -5.08. The SMILES string of the molecule is CCS(=O)(=O)N1CC[C@@H]2O[C@@H](COCc3ccncc3)CC[C@@H]21.O=C(O)C(F)(F)F. The lowest BCUT2D eigenvalue weighted by Gasteiger charge is -2.35. The third kappa shape index (κ3) is 6.89. The lowest BCUT2D eigenvalue weighted by Crippen LogP contribution is -2.46. The lowest BCUT2D eigenvalue weighted by molar-refractivity contribution is -0.192. The second kappa shape index (κ2) is 10.5. The number of halogens is 3. The topological polar surface area (TPSA) is 106 Å². The number of carboxylic acid groups (broad SMARTS) is 1. The summed E-state index contributed by atoms with van der Waals surface area (Å²) in [5.74, 6) is -2.60. The summed E-state index contributed by atoms with van der Waals surface area (Å²) < 4.78 is 69.4. The fourth-order valence-electron chi connectivity index (χ4n) is 3.38. The summed E-state index contributed by atoms with van der Waals surface area (Å²) in [5, 5.41) is 7.12. The van der Waals surface area contributed by atoms with Gasteiger partial charge in [0.25, 0.3) is 0 Å². The van der Waals surface area contributed by atoms with Gasteiger partial charge in [0, 0.05) is 18.9 Å². The molecule has 1 aromatic heterocycles. The molecule has 30 heavy (non-hydrogen) atoms. The summed E-state index contributed by atoms with van der Waals surface area (Å²) in [5.41, 5.74) is 1.09. The van der Waals surface area contributed by atoms with E-state index in [0.29, 0.717) is 19.8 Å². The van der Waals surface area contributed by atoms with E-state index in [4.69, 9.17) is 19.4 Å². The van der Waals surface area contributed by atoms with Crippen molar-refractivity contribution in [3.8, 4) is 0 Å². The van der Waals surface area contributed by atoms with Crippen molar-refractivity contribution >= 4 is 16.0 Å². The van der Waals surface area contributed by atoms with Gasteiger partial charge in [0.15, 0.2) is 0 Å². The summed E-state index contributed by atoms with van der Waals surface area (Å²) in [6.07, 6.45) is 0.969. The van der Waals surface area contributed by atoms with Gasteiger partial charge in [-0.05, 0) is 43.9 Å². The monoisotopic (exact) mass is 454 g/mol. The molecule has 3 atom stereocenters. The zero-order chi connectivity index (χ0) is 22.4. The molecule has 3 rings (SSSR count). The molecule has 1 N–H and O–H groups in total. The molecule has 0 amide bonds. The summed E-state index contributed by atoms with van der Waals surface area (Å²) in [6.45, 7) is 3.37. The van der Waals surface area contributed by atoms with Crippen LogP contribution in [0.5, 0.6) is 0 Å². The quantitative estimate of drug-likeness (QED) is 0.702. The van der Waals surface area contributed by atoms with Crippen LogP contribution in [-0.2, 0) is 30.9 Å². The molecule has 0 saturated carbocycles. The van der Waals surface area contributed by atoms with Gasteiger partial charge in [-0.15, -0.1) is 0 Å². The van der Waals surface area contributed by atoms with Crippen molar-refractivity contribution < 1.29 is 41.0 Å². The number of pyridine rings is 1. The predicted octanol–water partition coefficient (Wildman–Crippen LogP) is 2.20. The van der Waals surface area contributed by atoms with Crippen LogP contribution in [0.15, 0.2) is 24.5 Å². The predicted molar refractivity (Wildman–Crippen MR) is 100 cm³/mol. The molecule has 0 unspecified atom stereocenters. The van der Waals surface area contributed by atoms with Crippen molar-refractivity contribution in [3.05, 3.63) is 30.1 Å². The molecule has 170 valence electrons. The highest BCUT2D eigenvalue weighted by Crippen LogP contribution is 2.33. The molecule has 0 aliphatic carbocycles. The third-order valence-corrected chi connectivity index (χ3v) is 6.77. The second-order valence-electron chi connectivity index (χ2n) is 6.91. The fourth-order valence-corrected chi connectivity index (χ4v) is 4.75. The first kappa shape index (κ1) is 24.5. The number of alkyl halides is 3. The Labute approximate surface area is 173 Å². The van der Waals surface area contributed by atoms with Gasteiger partial charge in [0.05, 0.1) is 37.2 Å². The zero-order valence-electron chi connectivity index (χ0n) is 16.4. The zero-order valence-corrected chi connectivity index (χ0v) is 17.2. The van der Waals surface area contributed by atoms with Gasteiger partial charge in [-0.1, -0.05) is 0 Å². The number of fused-ring (bicyclic) bond motifs is 1. The molecular formula is C18H25F3N2O6S. The van der Waals surface area contributed by atoms with Gasteiger partial charge in [-0.3, -0.25) is 4.98 Å². The Balaban J connectivity index is 0.000000396. The Bertz CT molecular complexity index is 791. The molecule has 2 aliphatic heterocycles. The summed E-state index contributed by atoms with van der Waals surface area (Å²) in [7, 11) is -3.12. The maximum absolute atomic E-state index is 12.1. The van der Waals surface area contributed by atoms with Crippen LogP contribution in [0.1, 0.15) is 31.7 Å². The molecular weight excluding hydrogens is 429 g/mol. The van der Waals surface area contributed by atoms with Crippen molar-refractivity contribution in [2.45, 2.75) is 57.2 Å². The minimum absolute atomic E-state index is 0.0106. The minimum Gasteiger partial charge on any atom is -0.475 e. The molecule has 0 spiro atoms. The number of carboxylic acids is 1. The molecule has 12 heteroatoms. The number of aliphatic carboxylic acids is 1. The van der Waals surface area contributed by atoms with Crippen LogP contribution < -0.4 is 0 Å². The van der Waals surface area contributed by atoms with E-state index in [1.807, 2.05) is 12.1 Å². The number of ether oxygens (including phenoxy) is 2. The van der Waals surface area contributed by atoms with Crippen molar-refractivity contribution in [2.75, 3.05) is 18.9 Å². The summed E-state index contributed by atoms with van der Waals surface area (Å²) in [6, 6.07) is 3.88. The smallest absolute Gasteiger partial charge is 0.475 e. The van der Waals surface area contributed by atoms with Crippen LogP contribution >= 0.6 is 0 Å². The summed E-state index contributed by atoms with van der Waals surface area (Å²) >= 11 is 0. The highest BCUT2D eigenvalue weighted by Gasteiger charge is 2.44. The highest BCUT2D eigenvalue weighted by atomic mass is 32.2. The summed E-state index contributed by atoms with van der Waals surface area (Å²) in [4.78, 5) is 12.9. The molecule has 2 saturated heterocycles. The Kier molecular flexibility index (Phi) is 8.59. The molecule has 2 fully saturated rings. The Morgan fingerprint density at radius 3 is 2.50 bits per heavy atom. The van der Waals surface area contributed by atoms with E-state index in [1.165, 1.54) is 0 Å². The van der Waals surface area contributed by atoms with Gasteiger partial charge in [0.1, 0.15) is 0 Å². The first-order chi connectivity index (χ1) is 14.0. The standard InChI is InChI=1S/C16H24N2O4S.C2HF3O2/c1-2-23(19,20)18-10-7-16-15(18)4-3-14(22-16)12-21-11-13-5-8-17-9-6-13;3-2(4,5)1(6)7/h5-6,8-9,14-16H,2-4,7,10-12H2,1H3;(H,6,7)/t14-,15+,16+;/m1./s1. The van der Waals surface area contributed by atoms with E-state index in [1.54, 1.807) is 23.6 Å². The van der Waals surface area contributed by atoms with Crippen LogP contribution in [0.4, 0.5) is 13.2 Å². The average Bonchev–Trinajstić information content (AvgIpc) is 3.13. The molecule has 0 bridgehead atoms. The van der Waals surface area contributed by atoms with Crippen molar-refractivity contribution in [1.82, 2.24) is 9.29 Å². The average molecular weight is 454 g/mol. The lowest BCUT2D eigenvalue weighted by atomic mass is 10.0. The largest absolute Gasteiger partial charge is 0.490 e. The number of hydrogen-bond donors (Lipinski definition) is 1. The first-order valence-electron chi connectivity index (χ1n) is 9.46. The molecule has 8 nitrogen and oxygen atoms in total. The van der Waals surface area contributed by atoms with Gasteiger partial charge >= 0.3 is 12.1 Å². The number of hydrogen-bond acceptors (Lipinski definition) is 6. The van der Waals surface area contributed by atoms with Gasteiger partial charge < -0.3 is 14.6 Å².